The smallest absolute Gasteiger partial charge is 0.252 e. The maximum absolute atomic E-state index is 11.8. The summed E-state index contributed by atoms with van der Waals surface area (Å²) in [6.07, 6.45) is 1.57. The van der Waals surface area contributed by atoms with Crippen LogP contribution < -0.4 is 5.32 Å². The summed E-state index contributed by atoms with van der Waals surface area (Å²) in [5.41, 5.74) is 1.39. The van der Waals surface area contributed by atoms with Crippen molar-refractivity contribution in [1.29, 1.82) is 0 Å². The first-order valence-electron chi connectivity index (χ1n) is 5.61. The second-order valence-electron chi connectivity index (χ2n) is 3.82. The van der Waals surface area contributed by atoms with Gasteiger partial charge in [-0.15, -0.1) is 11.3 Å². The van der Waals surface area contributed by atoms with Gasteiger partial charge in [0.05, 0.1) is 17.1 Å². The fourth-order valence-corrected chi connectivity index (χ4v) is 2.86. The van der Waals surface area contributed by atoms with Gasteiger partial charge < -0.3 is 9.73 Å². The van der Waals surface area contributed by atoms with Crippen LogP contribution in [0.5, 0.6) is 0 Å². The highest BCUT2D eigenvalue weighted by molar-refractivity contribution is 7.13. The normalized spacial score (nSPS) is 10.5. The molecule has 3 aromatic rings. The molecule has 1 N–H and O–H groups in total. The first-order valence-corrected chi connectivity index (χ1v) is 7.44. The van der Waals surface area contributed by atoms with Crippen molar-refractivity contribution in [3.8, 4) is 10.8 Å². The Labute approximate surface area is 117 Å². The highest BCUT2D eigenvalue weighted by atomic mass is 32.1. The quantitative estimate of drug-likeness (QED) is 0.801. The first-order chi connectivity index (χ1) is 9.33. The lowest BCUT2D eigenvalue weighted by Crippen LogP contribution is -2.22. The third kappa shape index (κ3) is 2.74. The van der Waals surface area contributed by atoms with Gasteiger partial charge in [0.15, 0.2) is 0 Å². The molecule has 0 radical (unpaired) electrons. The van der Waals surface area contributed by atoms with Gasteiger partial charge in [-0.2, -0.15) is 11.3 Å². The lowest BCUT2D eigenvalue weighted by Gasteiger charge is -1.99. The molecule has 0 aliphatic carbocycles. The van der Waals surface area contributed by atoms with Gasteiger partial charge in [-0.1, -0.05) is 6.07 Å². The molecule has 3 heterocycles. The summed E-state index contributed by atoms with van der Waals surface area (Å²) >= 11 is 3.07. The Morgan fingerprint density at radius 2 is 2.32 bits per heavy atom. The van der Waals surface area contributed by atoms with Gasteiger partial charge in [-0.3, -0.25) is 4.79 Å². The van der Waals surface area contributed by atoms with Crippen LogP contribution in [0, 0.1) is 0 Å². The van der Waals surface area contributed by atoms with E-state index in [4.69, 9.17) is 4.42 Å². The van der Waals surface area contributed by atoms with Crippen molar-refractivity contribution >= 4 is 28.6 Å². The molecule has 0 fully saturated rings. The molecule has 0 unspecified atom stereocenters. The SMILES string of the molecule is O=C(NCc1coc(-c2cccs2)n1)c1ccsc1. The van der Waals surface area contributed by atoms with Crippen molar-refractivity contribution in [2.45, 2.75) is 6.54 Å². The van der Waals surface area contributed by atoms with Crippen LogP contribution in [0.1, 0.15) is 16.1 Å². The molecule has 0 saturated heterocycles. The van der Waals surface area contributed by atoms with Crippen LogP contribution in [0.3, 0.4) is 0 Å². The lowest BCUT2D eigenvalue weighted by atomic mass is 10.3. The Hall–Kier alpha value is -1.92. The first kappa shape index (κ1) is 12.1. The van der Waals surface area contributed by atoms with Gasteiger partial charge in [-0.25, -0.2) is 4.98 Å². The molecule has 0 aliphatic heterocycles. The minimum atomic E-state index is -0.0954. The summed E-state index contributed by atoms with van der Waals surface area (Å²) in [6, 6.07) is 5.69. The zero-order chi connectivity index (χ0) is 13.1. The molecule has 0 aliphatic rings. The maximum Gasteiger partial charge on any atom is 0.252 e. The minimum absolute atomic E-state index is 0.0954. The van der Waals surface area contributed by atoms with Crippen molar-refractivity contribution in [2.24, 2.45) is 0 Å². The van der Waals surface area contributed by atoms with E-state index in [1.807, 2.05) is 28.3 Å². The fraction of sp³-hybridized carbons (Fsp3) is 0.0769. The maximum atomic E-state index is 11.8. The van der Waals surface area contributed by atoms with Gasteiger partial charge in [0.1, 0.15) is 6.26 Å². The molecule has 0 aromatic carbocycles. The second kappa shape index (κ2) is 5.38. The predicted molar refractivity (Wildman–Crippen MR) is 75.3 cm³/mol. The van der Waals surface area contributed by atoms with E-state index in [1.165, 1.54) is 11.3 Å². The topological polar surface area (TPSA) is 55.1 Å². The van der Waals surface area contributed by atoms with E-state index in [-0.39, 0.29) is 5.91 Å². The zero-order valence-electron chi connectivity index (χ0n) is 9.83. The van der Waals surface area contributed by atoms with Crippen LogP contribution in [0.25, 0.3) is 10.8 Å². The van der Waals surface area contributed by atoms with E-state index < -0.39 is 0 Å². The second-order valence-corrected chi connectivity index (χ2v) is 5.54. The standard InChI is InChI=1S/C13H10N2O2S2/c16-12(9-3-5-18-8-9)14-6-10-7-17-13(15-10)11-2-1-4-19-11/h1-5,7-8H,6H2,(H,14,16). The number of nitrogens with one attached hydrogen (secondary N) is 1. The molecular formula is C13H10N2O2S2. The summed E-state index contributed by atoms with van der Waals surface area (Å²) in [5.74, 6) is 0.497. The molecule has 0 spiro atoms. The van der Waals surface area contributed by atoms with Gasteiger partial charge in [0.25, 0.3) is 5.91 Å². The number of thiophene rings is 2. The van der Waals surface area contributed by atoms with E-state index in [0.717, 1.165) is 4.88 Å². The number of rotatable bonds is 4. The van der Waals surface area contributed by atoms with Crippen LogP contribution in [-0.2, 0) is 6.54 Å². The molecule has 0 bridgehead atoms. The largest absolute Gasteiger partial charge is 0.443 e. The Morgan fingerprint density at radius 3 is 3.05 bits per heavy atom. The predicted octanol–water partition coefficient (Wildman–Crippen LogP) is 3.39. The zero-order valence-corrected chi connectivity index (χ0v) is 11.5. The minimum Gasteiger partial charge on any atom is -0.443 e. The van der Waals surface area contributed by atoms with E-state index in [2.05, 4.69) is 10.3 Å². The molecule has 6 heteroatoms. The number of carbonyl (C=O) groups excluding carboxylic acids is 1. The summed E-state index contributed by atoms with van der Waals surface area (Å²) in [6.45, 7) is 0.365. The average molecular weight is 290 g/mol. The van der Waals surface area contributed by atoms with E-state index in [9.17, 15) is 4.79 Å². The molecule has 19 heavy (non-hydrogen) atoms. The molecule has 0 atom stereocenters. The summed E-state index contributed by atoms with van der Waals surface area (Å²) in [7, 11) is 0. The van der Waals surface area contributed by atoms with E-state index in [0.29, 0.717) is 23.7 Å². The summed E-state index contributed by atoms with van der Waals surface area (Å²) < 4.78 is 5.38. The van der Waals surface area contributed by atoms with E-state index in [1.54, 1.807) is 23.7 Å². The summed E-state index contributed by atoms with van der Waals surface area (Å²) in [4.78, 5) is 17.1. The third-order valence-electron chi connectivity index (χ3n) is 2.50. The molecule has 0 saturated carbocycles. The molecule has 96 valence electrons. The fourth-order valence-electron chi connectivity index (χ4n) is 1.57. The Kier molecular flexibility index (Phi) is 3.43. The number of hydrogen-bond donors (Lipinski definition) is 1. The monoisotopic (exact) mass is 290 g/mol. The highest BCUT2D eigenvalue weighted by Crippen LogP contribution is 2.23. The van der Waals surface area contributed by atoms with Crippen molar-refractivity contribution in [3.05, 3.63) is 51.9 Å². The summed E-state index contributed by atoms with van der Waals surface area (Å²) in [5, 5.41) is 8.47. The number of oxazole rings is 1. The Balaban J connectivity index is 1.63. The van der Waals surface area contributed by atoms with Crippen molar-refractivity contribution in [2.75, 3.05) is 0 Å². The Bertz CT molecular complexity index is 657. The Morgan fingerprint density at radius 1 is 1.37 bits per heavy atom. The molecule has 3 rings (SSSR count). The van der Waals surface area contributed by atoms with Crippen LogP contribution >= 0.6 is 22.7 Å². The van der Waals surface area contributed by atoms with Crippen LogP contribution in [0.4, 0.5) is 0 Å². The molecular weight excluding hydrogens is 280 g/mol. The van der Waals surface area contributed by atoms with Gasteiger partial charge in [0.2, 0.25) is 5.89 Å². The van der Waals surface area contributed by atoms with Crippen molar-refractivity contribution in [3.63, 3.8) is 0 Å². The van der Waals surface area contributed by atoms with Gasteiger partial charge in [0, 0.05) is 10.9 Å². The number of amides is 1. The third-order valence-corrected chi connectivity index (χ3v) is 4.04. The molecule has 4 nitrogen and oxygen atoms in total. The number of carbonyl (C=O) groups is 1. The average Bonchev–Trinajstić information content (AvgIpc) is 3.14. The van der Waals surface area contributed by atoms with Crippen molar-refractivity contribution in [1.82, 2.24) is 10.3 Å². The van der Waals surface area contributed by atoms with Gasteiger partial charge in [-0.05, 0) is 22.9 Å². The van der Waals surface area contributed by atoms with Crippen LogP contribution in [-0.4, -0.2) is 10.9 Å². The molecule has 1 amide bonds. The van der Waals surface area contributed by atoms with Crippen LogP contribution in [0.2, 0.25) is 0 Å². The van der Waals surface area contributed by atoms with Gasteiger partial charge >= 0.3 is 0 Å². The number of nitrogens with zero attached hydrogens (tertiary/aromatic N) is 1. The van der Waals surface area contributed by atoms with E-state index >= 15 is 0 Å². The lowest BCUT2D eigenvalue weighted by molar-refractivity contribution is 0.0951. The molecule has 3 aromatic heterocycles. The number of hydrogen-bond acceptors (Lipinski definition) is 5. The van der Waals surface area contributed by atoms with Crippen LogP contribution in [0.15, 0.2) is 45.0 Å². The van der Waals surface area contributed by atoms with Crippen molar-refractivity contribution < 1.29 is 9.21 Å². The number of aromatic nitrogens is 1. The highest BCUT2D eigenvalue weighted by Gasteiger charge is 2.09.